The minimum atomic E-state index is -0.875. The van der Waals surface area contributed by atoms with Crippen molar-refractivity contribution in [2.24, 2.45) is 5.92 Å². The second-order valence-electron chi connectivity index (χ2n) is 8.29. The average Bonchev–Trinajstić information content (AvgIpc) is 2.68. The van der Waals surface area contributed by atoms with E-state index in [0.717, 1.165) is 38.0 Å². The highest BCUT2D eigenvalue weighted by atomic mass is 16.5. The molecule has 0 amide bonds. The molecule has 0 aliphatic heterocycles. The van der Waals surface area contributed by atoms with E-state index in [0.29, 0.717) is 17.4 Å². The predicted octanol–water partition coefficient (Wildman–Crippen LogP) is 5.99. The molecule has 1 aliphatic carbocycles. The smallest absolute Gasteiger partial charge is 0.335 e. The Morgan fingerprint density at radius 1 is 1.21 bits per heavy atom. The van der Waals surface area contributed by atoms with Crippen molar-refractivity contribution in [1.29, 1.82) is 0 Å². The second-order valence-corrected chi connectivity index (χ2v) is 8.29. The Morgan fingerprint density at radius 3 is 2.52 bits per heavy atom. The van der Waals surface area contributed by atoms with Gasteiger partial charge in [-0.15, -0.1) is 0 Å². The minimum Gasteiger partial charge on any atom is -0.497 e. The van der Waals surface area contributed by atoms with Crippen LogP contribution in [0.5, 0.6) is 0 Å². The molecule has 4 nitrogen and oxygen atoms in total. The normalized spacial score (nSPS) is 21.9. The van der Waals surface area contributed by atoms with Crippen molar-refractivity contribution in [2.75, 3.05) is 20.7 Å². The molecule has 2 unspecified atom stereocenters. The first-order valence-electron chi connectivity index (χ1n) is 10.5. The van der Waals surface area contributed by atoms with Crippen LogP contribution in [-0.4, -0.2) is 36.7 Å². The van der Waals surface area contributed by atoms with Crippen LogP contribution in [0.15, 0.2) is 59.5 Å². The maximum Gasteiger partial charge on any atom is 0.335 e. The molecule has 1 aliphatic rings. The summed E-state index contributed by atoms with van der Waals surface area (Å²) in [4.78, 5) is 13.3. The van der Waals surface area contributed by atoms with Crippen LogP contribution >= 0.6 is 0 Å². The van der Waals surface area contributed by atoms with Gasteiger partial charge in [0.15, 0.2) is 0 Å². The van der Waals surface area contributed by atoms with Gasteiger partial charge in [0, 0.05) is 25.4 Å². The summed E-state index contributed by atoms with van der Waals surface area (Å²) in [5.41, 5.74) is 4.13. The van der Waals surface area contributed by atoms with Gasteiger partial charge in [-0.25, -0.2) is 4.79 Å². The molecule has 158 valence electrons. The van der Waals surface area contributed by atoms with E-state index in [2.05, 4.69) is 50.9 Å². The van der Waals surface area contributed by atoms with Gasteiger partial charge >= 0.3 is 5.97 Å². The van der Waals surface area contributed by atoms with Crippen LogP contribution in [0, 0.1) is 5.92 Å². The Morgan fingerprint density at radius 2 is 1.90 bits per heavy atom. The fourth-order valence-corrected chi connectivity index (χ4v) is 3.73. The van der Waals surface area contributed by atoms with E-state index in [1.165, 1.54) is 16.8 Å². The standard InChI is InChI=1S/C25H35NO3/c1-18-7-6-8-24(29-5)17-23(16-18)26(4)14-13-19(2)15-20(3)21-9-11-22(12-10-21)25(27)28/h8-12,16-17,19-20H,6-7,13-15H2,1-5H3,(H,27,28)/b18-16+,23-17+,24-8+. The van der Waals surface area contributed by atoms with Gasteiger partial charge in [-0.3, -0.25) is 0 Å². The van der Waals surface area contributed by atoms with Crippen LogP contribution in [-0.2, 0) is 4.74 Å². The van der Waals surface area contributed by atoms with E-state index in [4.69, 9.17) is 9.84 Å². The first-order chi connectivity index (χ1) is 13.8. The maximum atomic E-state index is 11.0. The van der Waals surface area contributed by atoms with Crippen LogP contribution in [0.2, 0.25) is 0 Å². The molecular weight excluding hydrogens is 362 g/mol. The molecule has 0 heterocycles. The van der Waals surface area contributed by atoms with Crippen molar-refractivity contribution in [3.63, 3.8) is 0 Å². The molecule has 0 bridgehead atoms. The number of carbonyl (C=O) groups is 1. The molecule has 1 aromatic carbocycles. The topological polar surface area (TPSA) is 49.8 Å². The van der Waals surface area contributed by atoms with Crippen LogP contribution in [0.25, 0.3) is 0 Å². The number of methoxy groups -OCH3 is 1. The molecule has 2 atom stereocenters. The van der Waals surface area contributed by atoms with E-state index < -0.39 is 5.97 Å². The van der Waals surface area contributed by atoms with Crippen LogP contribution in [0.3, 0.4) is 0 Å². The third-order valence-corrected chi connectivity index (χ3v) is 5.68. The van der Waals surface area contributed by atoms with E-state index in [9.17, 15) is 4.79 Å². The number of nitrogens with zero attached hydrogens (tertiary/aromatic N) is 1. The van der Waals surface area contributed by atoms with Gasteiger partial charge in [-0.2, -0.15) is 0 Å². The quantitative estimate of drug-likeness (QED) is 0.556. The predicted molar refractivity (Wildman–Crippen MR) is 119 cm³/mol. The number of likely N-dealkylation sites (N-methyl/N-ethyl adjacent to an activating group) is 1. The van der Waals surface area contributed by atoms with Crippen molar-refractivity contribution in [1.82, 2.24) is 4.90 Å². The van der Waals surface area contributed by atoms with E-state index in [1.807, 2.05) is 12.1 Å². The third-order valence-electron chi connectivity index (χ3n) is 5.68. The lowest BCUT2D eigenvalue weighted by molar-refractivity contribution is 0.0697. The highest BCUT2D eigenvalue weighted by Gasteiger charge is 2.14. The number of ether oxygens (including phenoxy) is 1. The van der Waals surface area contributed by atoms with Gasteiger partial charge in [0.2, 0.25) is 0 Å². The summed E-state index contributed by atoms with van der Waals surface area (Å²) >= 11 is 0. The van der Waals surface area contributed by atoms with Crippen molar-refractivity contribution in [3.05, 3.63) is 70.6 Å². The largest absolute Gasteiger partial charge is 0.497 e. The Balaban J connectivity index is 1.92. The van der Waals surface area contributed by atoms with Gasteiger partial charge in [-0.05, 0) is 74.3 Å². The van der Waals surface area contributed by atoms with Crippen LogP contribution in [0.4, 0.5) is 0 Å². The Hall–Kier alpha value is -2.49. The highest BCUT2D eigenvalue weighted by molar-refractivity contribution is 5.87. The fourth-order valence-electron chi connectivity index (χ4n) is 3.73. The Kier molecular flexibility index (Phi) is 8.56. The number of hydrogen-bond donors (Lipinski definition) is 1. The lowest BCUT2D eigenvalue weighted by Gasteiger charge is -2.25. The molecular formula is C25H35NO3. The highest BCUT2D eigenvalue weighted by Crippen LogP contribution is 2.26. The SMILES string of the molecule is COC1=C/CC/C(C)=C/C(N(C)CCC(C)CC(C)c2ccc(C(=O)O)cc2)=C\1. The Bertz CT molecular complexity index is 774. The Labute approximate surface area is 175 Å². The molecule has 0 spiro atoms. The number of allylic oxidation sites excluding steroid dienone is 4. The molecule has 0 radical (unpaired) electrons. The van der Waals surface area contributed by atoms with Gasteiger partial charge in [0.1, 0.15) is 5.76 Å². The second kappa shape index (κ2) is 10.9. The third kappa shape index (κ3) is 7.12. The first-order valence-corrected chi connectivity index (χ1v) is 10.5. The van der Waals surface area contributed by atoms with Crippen molar-refractivity contribution in [2.45, 2.75) is 52.4 Å². The lowest BCUT2D eigenvalue weighted by Crippen LogP contribution is -2.21. The minimum absolute atomic E-state index is 0.343. The molecule has 0 aromatic heterocycles. The summed E-state index contributed by atoms with van der Waals surface area (Å²) < 4.78 is 5.48. The summed E-state index contributed by atoms with van der Waals surface area (Å²) in [5, 5.41) is 9.05. The number of carboxylic acids is 1. The molecule has 0 fully saturated rings. The molecule has 4 heteroatoms. The summed E-state index contributed by atoms with van der Waals surface area (Å²) in [6.45, 7) is 7.69. The van der Waals surface area contributed by atoms with Gasteiger partial charge in [-0.1, -0.05) is 31.6 Å². The maximum absolute atomic E-state index is 11.0. The summed E-state index contributed by atoms with van der Waals surface area (Å²) in [5.74, 6) is 1.04. The number of carboxylic acid groups (broad SMARTS) is 1. The number of benzene rings is 1. The fraction of sp³-hybridized carbons (Fsp3) is 0.480. The summed E-state index contributed by atoms with van der Waals surface area (Å²) in [6, 6.07) is 7.28. The van der Waals surface area contributed by atoms with E-state index >= 15 is 0 Å². The van der Waals surface area contributed by atoms with Crippen LogP contribution < -0.4 is 0 Å². The number of aromatic carboxylic acids is 1. The first kappa shape index (κ1) is 22.8. The lowest BCUT2D eigenvalue weighted by atomic mass is 9.89. The van der Waals surface area contributed by atoms with Crippen molar-refractivity contribution < 1.29 is 14.6 Å². The molecule has 1 aromatic rings. The zero-order chi connectivity index (χ0) is 21.4. The number of hydrogen-bond acceptors (Lipinski definition) is 3. The average molecular weight is 398 g/mol. The molecule has 1 N–H and O–H groups in total. The van der Waals surface area contributed by atoms with Crippen molar-refractivity contribution in [3.8, 4) is 0 Å². The summed E-state index contributed by atoms with van der Waals surface area (Å²) in [7, 11) is 3.87. The monoisotopic (exact) mass is 397 g/mol. The van der Waals surface area contributed by atoms with Gasteiger partial charge < -0.3 is 14.7 Å². The zero-order valence-electron chi connectivity index (χ0n) is 18.4. The van der Waals surface area contributed by atoms with Gasteiger partial charge in [0.05, 0.1) is 12.7 Å². The zero-order valence-corrected chi connectivity index (χ0v) is 18.4. The van der Waals surface area contributed by atoms with E-state index in [1.54, 1.807) is 19.2 Å². The molecule has 2 rings (SSSR count). The van der Waals surface area contributed by atoms with Crippen LogP contribution in [0.1, 0.15) is 68.3 Å². The molecule has 0 saturated carbocycles. The molecule has 0 saturated heterocycles. The van der Waals surface area contributed by atoms with Crippen molar-refractivity contribution >= 4 is 5.97 Å². The molecule has 29 heavy (non-hydrogen) atoms. The van der Waals surface area contributed by atoms with E-state index in [-0.39, 0.29) is 0 Å². The van der Waals surface area contributed by atoms with Gasteiger partial charge in [0.25, 0.3) is 0 Å². The number of rotatable bonds is 9. The summed E-state index contributed by atoms with van der Waals surface area (Å²) in [6.07, 6.45) is 10.8.